The SMILES string of the molecule is O=C1NCCCCC1NCC(O)CO. The molecule has 1 heterocycles. The topological polar surface area (TPSA) is 81.6 Å². The third-order valence-corrected chi connectivity index (χ3v) is 2.35. The van der Waals surface area contributed by atoms with Crippen molar-refractivity contribution in [3.63, 3.8) is 0 Å². The summed E-state index contributed by atoms with van der Waals surface area (Å²) in [6.45, 7) is 0.718. The zero-order valence-electron chi connectivity index (χ0n) is 8.20. The molecule has 4 N–H and O–H groups in total. The van der Waals surface area contributed by atoms with Gasteiger partial charge in [0.05, 0.1) is 18.8 Å². The quantitative estimate of drug-likeness (QED) is 0.452. The minimum atomic E-state index is -0.786. The van der Waals surface area contributed by atoms with E-state index in [-0.39, 0.29) is 25.1 Å². The van der Waals surface area contributed by atoms with E-state index in [0.29, 0.717) is 0 Å². The number of hydrogen-bond donors (Lipinski definition) is 4. The highest BCUT2D eigenvalue weighted by Crippen LogP contribution is 2.04. The highest BCUT2D eigenvalue weighted by Gasteiger charge is 2.20. The molecule has 2 unspecified atom stereocenters. The van der Waals surface area contributed by atoms with Gasteiger partial charge in [0.25, 0.3) is 0 Å². The van der Waals surface area contributed by atoms with Crippen LogP contribution in [-0.2, 0) is 4.79 Å². The Balaban J connectivity index is 2.29. The van der Waals surface area contributed by atoms with Gasteiger partial charge in [-0.25, -0.2) is 0 Å². The normalized spacial score (nSPS) is 25.3. The second-order valence-corrected chi connectivity index (χ2v) is 3.58. The second kappa shape index (κ2) is 5.95. The molecular weight excluding hydrogens is 184 g/mol. The van der Waals surface area contributed by atoms with Crippen LogP contribution in [0.4, 0.5) is 0 Å². The van der Waals surface area contributed by atoms with Gasteiger partial charge in [-0.15, -0.1) is 0 Å². The molecule has 1 fully saturated rings. The van der Waals surface area contributed by atoms with Crippen LogP contribution in [0.2, 0.25) is 0 Å². The van der Waals surface area contributed by atoms with Crippen LogP contribution in [0.3, 0.4) is 0 Å². The first-order valence-corrected chi connectivity index (χ1v) is 5.04. The van der Waals surface area contributed by atoms with Gasteiger partial charge in [-0.1, -0.05) is 0 Å². The number of amides is 1. The van der Waals surface area contributed by atoms with E-state index in [4.69, 9.17) is 10.2 Å². The first-order valence-electron chi connectivity index (χ1n) is 5.04. The van der Waals surface area contributed by atoms with Crippen LogP contribution in [0.1, 0.15) is 19.3 Å². The van der Waals surface area contributed by atoms with Gasteiger partial charge in [0.1, 0.15) is 0 Å². The molecule has 0 aromatic carbocycles. The Kier molecular flexibility index (Phi) is 4.86. The van der Waals surface area contributed by atoms with Gasteiger partial charge in [0, 0.05) is 13.1 Å². The van der Waals surface area contributed by atoms with E-state index in [2.05, 4.69) is 10.6 Å². The van der Waals surface area contributed by atoms with E-state index in [1.165, 1.54) is 0 Å². The predicted molar refractivity (Wildman–Crippen MR) is 51.7 cm³/mol. The van der Waals surface area contributed by atoms with Gasteiger partial charge in [0.15, 0.2) is 0 Å². The van der Waals surface area contributed by atoms with E-state index < -0.39 is 6.10 Å². The molecule has 0 aliphatic carbocycles. The van der Waals surface area contributed by atoms with Crippen molar-refractivity contribution in [2.75, 3.05) is 19.7 Å². The van der Waals surface area contributed by atoms with Crippen LogP contribution in [0.25, 0.3) is 0 Å². The lowest BCUT2D eigenvalue weighted by molar-refractivity contribution is -0.123. The number of carbonyl (C=O) groups excluding carboxylic acids is 1. The van der Waals surface area contributed by atoms with Crippen LogP contribution >= 0.6 is 0 Å². The van der Waals surface area contributed by atoms with Crippen molar-refractivity contribution in [1.82, 2.24) is 10.6 Å². The lowest BCUT2D eigenvalue weighted by Gasteiger charge is -2.16. The smallest absolute Gasteiger partial charge is 0.237 e. The first kappa shape index (κ1) is 11.4. The highest BCUT2D eigenvalue weighted by atomic mass is 16.3. The molecule has 5 nitrogen and oxygen atoms in total. The average molecular weight is 202 g/mol. The molecule has 0 bridgehead atoms. The lowest BCUT2D eigenvalue weighted by Crippen LogP contribution is -2.45. The fourth-order valence-electron chi connectivity index (χ4n) is 1.48. The van der Waals surface area contributed by atoms with E-state index in [1.807, 2.05) is 0 Å². The number of nitrogens with one attached hydrogen (secondary N) is 2. The summed E-state index contributed by atoms with van der Waals surface area (Å²) >= 11 is 0. The van der Waals surface area contributed by atoms with Crippen LogP contribution in [0.5, 0.6) is 0 Å². The van der Waals surface area contributed by atoms with Gasteiger partial charge < -0.3 is 20.8 Å². The molecular formula is C9H18N2O3. The van der Waals surface area contributed by atoms with Crippen molar-refractivity contribution < 1.29 is 15.0 Å². The third kappa shape index (κ3) is 3.61. The summed E-state index contributed by atoms with van der Waals surface area (Å²) in [6, 6.07) is -0.223. The zero-order chi connectivity index (χ0) is 10.4. The fourth-order valence-corrected chi connectivity index (χ4v) is 1.48. The van der Waals surface area contributed by atoms with Crippen molar-refractivity contribution in [2.24, 2.45) is 0 Å². The number of hydrogen-bond acceptors (Lipinski definition) is 4. The molecule has 1 aliphatic rings. The second-order valence-electron chi connectivity index (χ2n) is 3.58. The summed E-state index contributed by atoms with van der Waals surface area (Å²) in [7, 11) is 0. The minimum Gasteiger partial charge on any atom is -0.394 e. The standard InChI is InChI=1S/C9H18N2O3/c12-6-7(13)5-11-8-3-1-2-4-10-9(8)14/h7-8,11-13H,1-6H2,(H,10,14). The Bertz CT molecular complexity index is 187. The van der Waals surface area contributed by atoms with Gasteiger partial charge in [-0.3, -0.25) is 4.79 Å². The number of rotatable bonds is 4. The molecule has 1 aliphatic heterocycles. The number of carbonyl (C=O) groups is 1. The number of aliphatic hydroxyl groups excluding tert-OH is 2. The molecule has 0 saturated carbocycles. The Morgan fingerprint density at radius 3 is 3.07 bits per heavy atom. The molecule has 0 spiro atoms. The van der Waals surface area contributed by atoms with Crippen LogP contribution < -0.4 is 10.6 Å². The van der Waals surface area contributed by atoms with Gasteiger partial charge in [0.2, 0.25) is 5.91 Å². The Labute approximate surface area is 83.5 Å². The van der Waals surface area contributed by atoms with Crippen molar-refractivity contribution >= 4 is 5.91 Å². The van der Waals surface area contributed by atoms with Crippen molar-refractivity contribution in [1.29, 1.82) is 0 Å². The molecule has 82 valence electrons. The molecule has 1 saturated heterocycles. The molecule has 0 radical (unpaired) electrons. The molecule has 14 heavy (non-hydrogen) atoms. The predicted octanol–water partition coefficient (Wildman–Crippen LogP) is -1.40. The lowest BCUT2D eigenvalue weighted by atomic mass is 10.1. The van der Waals surface area contributed by atoms with Crippen LogP contribution in [0, 0.1) is 0 Å². The number of aliphatic hydroxyl groups is 2. The summed E-state index contributed by atoms with van der Waals surface area (Å²) in [5, 5.41) is 23.4. The zero-order valence-corrected chi connectivity index (χ0v) is 8.20. The average Bonchev–Trinajstić information content (AvgIpc) is 2.39. The summed E-state index contributed by atoms with van der Waals surface area (Å²) in [5.41, 5.74) is 0. The van der Waals surface area contributed by atoms with E-state index in [1.54, 1.807) is 0 Å². The molecule has 1 rings (SSSR count). The van der Waals surface area contributed by atoms with E-state index in [0.717, 1.165) is 25.8 Å². The monoisotopic (exact) mass is 202 g/mol. The Hall–Kier alpha value is -0.650. The summed E-state index contributed by atoms with van der Waals surface area (Å²) < 4.78 is 0. The van der Waals surface area contributed by atoms with Crippen molar-refractivity contribution in [3.8, 4) is 0 Å². The molecule has 2 atom stereocenters. The van der Waals surface area contributed by atoms with Crippen molar-refractivity contribution in [3.05, 3.63) is 0 Å². The van der Waals surface area contributed by atoms with Gasteiger partial charge >= 0.3 is 0 Å². The summed E-state index contributed by atoms with van der Waals surface area (Å²) in [6.07, 6.45) is 2.02. The molecule has 1 amide bonds. The van der Waals surface area contributed by atoms with Gasteiger partial charge in [-0.05, 0) is 19.3 Å². The largest absolute Gasteiger partial charge is 0.394 e. The molecule has 0 aromatic rings. The maximum Gasteiger partial charge on any atom is 0.237 e. The van der Waals surface area contributed by atoms with Crippen molar-refractivity contribution in [2.45, 2.75) is 31.4 Å². The van der Waals surface area contributed by atoms with E-state index >= 15 is 0 Å². The Morgan fingerprint density at radius 1 is 1.57 bits per heavy atom. The Morgan fingerprint density at radius 2 is 2.36 bits per heavy atom. The third-order valence-electron chi connectivity index (χ3n) is 2.35. The fraction of sp³-hybridized carbons (Fsp3) is 0.889. The summed E-state index contributed by atoms with van der Waals surface area (Å²) in [5.74, 6) is -0.00682. The highest BCUT2D eigenvalue weighted by molar-refractivity contribution is 5.81. The summed E-state index contributed by atoms with van der Waals surface area (Å²) in [4.78, 5) is 11.4. The molecule has 0 aromatic heterocycles. The maximum atomic E-state index is 11.4. The van der Waals surface area contributed by atoms with Crippen LogP contribution in [-0.4, -0.2) is 48.0 Å². The minimum absolute atomic E-state index is 0.00682. The first-order chi connectivity index (χ1) is 6.74. The van der Waals surface area contributed by atoms with Crippen LogP contribution in [0.15, 0.2) is 0 Å². The van der Waals surface area contributed by atoms with E-state index in [9.17, 15) is 4.79 Å². The maximum absolute atomic E-state index is 11.4. The molecule has 5 heteroatoms. The van der Waals surface area contributed by atoms with Gasteiger partial charge in [-0.2, -0.15) is 0 Å².